The number of aliphatic carboxylic acids is 1. The number of nitrogens with one attached hydrogen (secondary N) is 1. The van der Waals surface area contributed by atoms with Crippen LogP contribution >= 0.6 is 0 Å². The van der Waals surface area contributed by atoms with E-state index in [0.29, 0.717) is 13.0 Å². The molecule has 0 saturated carbocycles. The van der Waals surface area contributed by atoms with Crippen molar-refractivity contribution in [2.45, 2.75) is 57.8 Å². The lowest BCUT2D eigenvalue weighted by Gasteiger charge is -2.12. The molecule has 1 aliphatic rings. The molecule has 0 bridgehead atoms. The Balaban J connectivity index is 2.45. The van der Waals surface area contributed by atoms with Gasteiger partial charge >= 0.3 is 5.97 Å². The van der Waals surface area contributed by atoms with Gasteiger partial charge in [0.15, 0.2) is 0 Å². The van der Waals surface area contributed by atoms with Crippen LogP contribution in [-0.2, 0) is 9.59 Å². The van der Waals surface area contributed by atoms with E-state index < -0.39 is 11.9 Å². The minimum atomic E-state index is -0.989. The van der Waals surface area contributed by atoms with Crippen molar-refractivity contribution in [3.63, 3.8) is 0 Å². The second-order valence-corrected chi connectivity index (χ2v) is 4.80. The molecule has 0 aromatic carbocycles. The number of rotatable bonds is 1. The third-order valence-corrected chi connectivity index (χ3v) is 3.33. The zero-order valence-corrected chi connectivity index (χ0v) is 10.4. The SMILES string of the molecule is O=C(O)C1CCCCCCCCCCNC1=O. The van der Waals surface area contributed by atoms with Crippen LogP contribution in [0.15, 0.2) is 0 Å². The summed E-state index contributed by atoms with van der Waals surface area (Å²) in [6.45, 7) is 0.614. The number of carboxylic acid groups (broad SMARTS) is 1. The topological polar surface area (TPSA) is 66.4 Å². The Bertz CT molecular complexity index is 253. The highest BCUT2D eigenvalue weighted by atomic mass is 16.4. The normalized spacial score (nSPS) is 24.9. The third kappa shape index (κ3) is 5.71. The van der Waals surface area contributed by atoms with Crippen LogP contribution in [0.4, 0.5) is 0 Å². The summed E-state index contributed by atoms with van der Waals surface area (Å²) in [6, 6.07) is 0. The molecular weight excluding hydrogens is 218 g/mol. The largest absolute Gasteiger partial charge is 0.481 e. The molecule has 0 aliphatic carbocycles. The Hall–Kier alpha value is -1.06. The molecule has 0 aromatic heterocycles. The van der Waals surface area contributed by atoms with E-state index in [1.165, 1.54) is 19.3 Å². The standard InChI is InChI=1S/C13H23NO3/c15-12-11(13(16)17)9-7-5-3-1-2-4-6-8-10-14-12/h11H,1-10H2,(H,14,15)(H,16,17). The Morgan fingerprint density at radius 3 is 2.12 bits per heavy atom. The summed E-state index contributed by atoms with van der Waals surface area (Å²) >= 11 is 0. The van der Waals surface area contributed by atoms with E-state index in [0.717, 1.165) is 32.1 Å². The lowest BCUT2D eigenvalue weighted by atomic mass is 9.99. The zero-order chi connectivity index (χ0) is 12.5. The number of amides is 1. The Morgan fingerprint density at radius 1 is 1.00 bits per heavy atom. The van der Waals surface area contributed by atoms with Crippen LogP contribution < -0.4 is 5.32 Å². The fourth-order valence-electron chi connectivity index (χ4n) is 2.24. The van der Waals surface area contributed by atoms with Crippen LogP contribution in [0, 0.1) is 5.92 Å². The predicted octanol–water partition coefficient (Wildman–Crippen LogP) is 2.33. The maximum atomic E-state index is 11.7. The van der Waals surface area contributed by atoms with Gasteiger partial charge in [0.05, 0.1) is 0 Å². The van der Waals surface area contributed by atoms with Crippen LogP contribution in [0.3, 0.4) is 0 Å². The van der Waals surface area contributed by atoms with Gasteiger partial charge in [0.1, 0.15) is 5.92 Å². The van der Waals surface area contributed by atoms with Gasteiger partial charge in [0, 0.05) is 6.54 Å². The van der Waals surface area contributed by atoms with Crippen molar-refractivity contribution in [1.29, 1.82) is 0 Å². The molecule has 0 radical (unpaired) electrons. The van der Waals surface area contributed by atoms with Crippen molar-refractivity contribution in [3.05, 3.63) is 0 Å². The summed E-state index contributed by atoms with van der Waals surface area (Å²) in [5.74, 6) is -2.15. The van der Waals surface area contributed by atoms with Gasteiger partial charge in [0.2, 0.25) is 5.91 Å². The number of carbonyl (C=O) groups excluding carboxylic acids is 1. The highest BCUT2D eigenvalue weighted by Gasteiger charge is 2.25. The minimum Gasteiger partial charge on any atom is -0.481 e. The fourth-order valence-corrected chi connectivity index (χ4v) is 2.24. The van der Waals surface area contributed by atoms with E-state index >= 15 is 0 Å². The summed E-state index contributed by atoms with van der Waals surface area (Å²) < 4.78 is 0. The lowest BCUT2D eigenvalue weighted by molar-refractivity contribution is -0.147. The lowest BCUT2D eigenvalue weighted by Crippen LogP contribution is -2.35. The average molecular weight is 241 g/mol. The molecule has 1 rings (SSSR count). The van der Waals surface area contributed by atoms with Crippen molar-refractivity contribution in [1.82, 2.24) is 5.32 Å². The van der Waals surface area contributed by atoms with Gasteiger partial charge < -0.3 is 10.4 Å². The van der Waals surface area contributed by atoms with Crippen LogP contribution in [-0.4, -0.2) is 23.5 Å². The number of carbonyl (C=O) groups is 2. The van der Waals surface area contributed by atoms with Crippen molar-refractivity contribution >= 4 is 11.9 Å². The summed E-state index contributed by atoms with van der Waals surface area (Å²) in [5.41, 5.74) is 0. The van der Waals surface area contributed by atoms with E-state index in [1.807, 2.05) is 0 Å². The number of carboxylic acids is 1. The highest BCUT2D eigenvalue weighted by Crippen LogP contribution is 2.14. The molecule has 98 valence electrons. The molecule has 1 saturated heterocycles. The van der Waals surface area contributed by atoms with Crippen molar-refractivity contribution < 1.29 is 14.7 Å². The molecule has 1 aliphatic heterocycles. The van der Waals surface area contributed by atoms with E-state index in [2.05, 4.69) is 5.32 Å². The smallest absolute Gasteiger partial charge is 0.316 e. The van der Waals surface area contributed by atoms with E-state index in [9.17, 15) is 9.59 Å². The quantitative estimate of drug-likeness (QED) is 0.692. The van der Waals surface area contributed by atoms with Gasteiger partial charge in [-0.05, 0) is 12.8 Å². The van der Waals surface area contributed by atoms with Gasteiger partial charge in [-0.25, -0.2) is 0 Å². The summed E-state index contributed by atoms with van der Waals surface area (Å²) in [4.78, 5) is 22.7. The van der Waals surface area contributed by atoms with E-state index in [1.54, 1.807) is 0 Å². The van der Waals surface area contributed by atoms with Crippen LogP contribution in [0.5, 0.6) is 0 Å². The molecule has 2 N–H and O–H groups in total. The van der Waals surface area contributed by atoms with E-state index in [-0.39, 0.29) is 5.91 Å². The third-order valence-electron chi connectivity index (χ3n) is 3.33. The monoisotopic (exact) mass is 241 g/mol. The molecule has 4 nitrogen and oxygen atoms in total. The first-order valence-corrected chi connectivity index (χ1v) is 6.72. The van der Waals surface area contributed by atoms with Gasteiger partial charge in [-0.2, -0.15) is 0 Å². The first-order chi connectivity index (χ1) is 8.22. The molecule has 17 heavy (non-hydrogen) atoms. The van der Waals surface area contributed by atoms with Gasteiger partial charge in [-0.15, -0.1) is 0 Å². The molecule has 0 aromatic rings. The number of hydrogen-bond donors (Lipinski definition) is 2. The first kappa shape index (κ1) is 14.0. The Morgan fingerprint density at radius 2 is 1.53 bits per heavy atom. The van der Waals surface area contributed by atoms with Crippen LogP contribution in [0.25, 0.3) is 0 Å². The Kier molecular flexibility index (Phi) is 6.67. The first-order valence-electron chi connectivity index (χ1n) is 6.72. The molecule has 1 unspecified atom stereocenters. The average Bonchev–Trinajstić information content (AvgIpc) is 2.30. The molecule has 1 atom stereocenters. The molecular formula is C13H23NO3. The number of hydrogen-bond acceptors (Lipinski definition) is 2. The highest BCUT2D eigenvalue weighted by molar-refractivity contribution is 5.96. The maximum Gasteiger partial charge on any atom is 0.316 e. The molecule has 1 heterocycles. The van der Waals surface area contributed by atoms with Crippen molar-refractivity contribution in [2.75, 3.05) is 6.54 Å². The Labute approximate surface area is 103 Å². The van der Waals surface area contributed by atoms with E-state index in [4.69, 9.17) is 5.11 Å². The predicted molar refractivity (Wildman–Crippen MR) is 65.7 cm³/mol. The zero-order valence-electron chi connectivity index (χ0n) is 10.4. The summed E-state index contributed by atoms with van der Waals surface area (Å²) in [5, 5.41) is 11.7. The molecule has 4 heteroatoms. The maximum absolute atomic E-state index is 11.7. The second kappa shape index (κ2) is 8.09. The molecule has 1 fully saturated rings. The molecule has 0 spiro atoms. The fraction of sp³-hybridized carbons (Fsp3) is 0.846. The van der Waals surface area contributed by atoms with Crippen LogP contribution in [0.1, 0.15) is 57.8 Å². The van der Waals surface area contributed by atoms with Crippen molar-refractivity contribution in [3.8, 4) is 0 Å². The molecule has 1 amide bonds. The van der Waals surface area contributed by atoms with Crippen LogP contribution in [0.2, 0.25) is 0 Å². The summed E-state index contributed by atoms with van der Waals surface area (Å²) in [7, 11) is 0. The van der Waals surface area contributed by atoms with Gasteiger partial charge in [0.25, 0.3) is 0 Å². The minimum absolute atomic E-state index is 0.309. The van der Waals surface area contributed by atoms with Gasteiger partial charge in [-0.1, -0.05) is 44.9 Å². The van der Waals surface area contributed by atoms with Crippen molar-refractivity contribution in [2.24, 2.45) is 5.92 Å². The summed E-state index contributed by atoms with van der Waals surface area (Å²) in [6.07, 6.45) is 9.31. The second-order valence-electron chi connectivity index (χ2n) is 4.80. The van der Waals surface area contributed by atoms with Gasteiger partial charge in [-0.3, -0.25) is 9.59 Å².